The quantitative estimate of drug-likeness (QED) is 0.533. The molecule has 0 radical (unpaired) electrons. The summed E-state index contributed by atoms with van der Waals surface area (Å²) in [5.41, 5.74) is 4.16. The SMILES string of the molecule is COCCc1nc(-c2ccc3c(c2)N(CC(=O)Nc2ccc(C(C)(C)C)cc2)C(=O)CO3)cs1. The lowest BCUT2D eigenvalue weighted by atomic mass is 9.87. The van der Waals surface area contributed by atoms with Gasteiger partial charge >= 0.3 is 0 Å². The van der Waals surface area contributed by atoms with E-state index in [1.165, 1.54) is 10.5 Å². The molecule has 178 valence electrons. The zero-order valence-corrected chi connectivity index (χ0v) is 20.7. The number of nitrogens with zero attached hydrogens (tertiary/aromatic N) is 2. The molecule has 0 fully saturated rings. The maximum Gasteiger partial charge on any atom is 0.265 e. The van der Waals surface area contributed by atoms with Crippen molar-refractivity contribution < 1.29 is 19.1 Å². The van der Waals surface area contributed by atoms with Crippen LogP contribution >= 0.6 is 11.3 Å². The predicted molar refractivity (Wildman–Crippen MR) is 135 cm³/mol. The average Bonchev–Trinajstić information content (AvgIpc) is 3.28. The van der Waals surface area contributed by atoms with Gasteiger partial charge in [-0.2, -0.15) is 0 Å². The van der Waals surface area contributed by atoms with Gasteiger partial charge in [0.2, 0.25) is 5.91 Å². The van der Waals surface area contributed by atoms with E-state index in [0.717, 1.165) is 22.7 Å². The lowest BCUT2D eigenvalue weighted by Crippen LogP contribution is -2.43. The first-order valence-corrected chi connectivity index (χ1v) is 12.0. The van der Waals surface area contributed by atoms with E-state index in [0.29, 0.717) is 23.7 Å². The first kappa shape index (κ1) is 23.9. The predicted octanol–water partition coefficient (Wildman–Crippen LogP) is 4.66. The van der Waals surface area contributed by atoms with Crippen LogP contribution in [0.4, 0.5) is 11.4 Å². The van der Waals surface area contributed by atoms with Gasteiger partial charge in [-0.25, -0.2) is 4.98 Å². The molecular weight excluding hydrogens is 450 g/mol. The molecule has 4 rings (SSSR count). The highest BCUT2D eigenvalue weighted by molar-refractivity contribution is 7.09. The van der Waals surface area contributed by atoms with Crippen LogP contribution in [-0.4, -0.2) is 43.7 Å². The van der Waals surface area contributed by atoms with Gasteiger partial charge in [-0.1, -0.05) is 32.9 Å². The number of methoxy groups -OCH3 is 1. The zero-order chi connectivity index (χ0) is 24.3. The monoisotopic (exact) mass is 479 g/mol. The van der Waals surface area contributed by atoms with Crippen molar-refractivity contribution in [2.45, 2.75) is 32.6 Å². The Morgan fingerprint density at radius 3 is 2.68 bits per heavy atom. The minimum Gasteiger partial charge on any atom is -0.482 e. The Morgan fingerprint density at radius 1 is 1.21 bits per heavy atom. The van der Waals surface area contributed by atoms with Gasteiger partial charge in [-0.05, 0) is 41.3 Å². The number of benzene rings is 2. The maximum atomic E-state index is 12.8. The van der Waals surface area contributed by atoms with Crippen LogP contribution in [0.2, 0.25) is 0 Å². The highest BCUT2D eigenvalue weighted by atomic mass is 32.1. The molecule has 0 atom stereocenters. The van der Waals surface area contributed by atoms with E-state index in [4.69, 9.17) is 9.47 Å². The number of hydrogen-bond acceptors (Lipinski definition) is 6. The summed E-state index contributed by atoms with van der Waals surface area (Å²) in [5, 5.41) is 5.86. The second-order valence-electron chi connectivity index (χ2n) is 9.20. The van der Waals surface area contributed by atoms with E-state index >= 15 is 0 Å². The van der Waals surface area contributed by atoms with E-state index in [1.54, 1.807) is 18.4 Å². The molecule has 8 heteroatoms. The Labute approximate surface area is 203 Å². The van der Waals surface area contributed by atoms with E-state index in [9.17, 15) is 9.59 Å². The Kier molecular flexibility index (Phi) is 7.00. The van der Waals surface area contributed by atoms with Crippen LogP contribution in [0, 0.1) is 0 Å². The number of rotatable bonds is 7. The minimum atomic E-state index is -0.273. The Bertz CT molecular complexity index is 1180. The summed E-state index contributed by atoms with van der Waals surface area (Å²) < 4.78 is 10.7. The molecule has 2 amide bonds. The molecule has 0 aliphatic carbocycles. The number of aromatic nitrogens is 1. The van der Waals surface area contributed by atoms with Gasteiger partial charge in [0.1, 0.15) is 12.3 Å². The first-order chi connectivity index (χ1) is 16.2. The summed E-state index contributed by atoms with van der Waals surface area (Å²) in [7, 11) is 1.67. The van der Waals surface area contributed by atoms with Gasteiger partial charge in [0.15, 0.2) is 6.61 Å². The van der Waals surface area contributed by atoms with Crippen molar-refractivity contribution in [3.63, 3.8) is 0 Å². The van der Waals surface area contributed by atoms with Crippen LogP contribution in [0.5, 0.6) is 5.75 Å². The molecule has 0 unspecified atom stereocenters. The molecule has 0 saturated carbocycles. The number of ether oxygens (including phenoxy) is 2. The fraction of sp³-hybridized carbons (Fsp3) is 0.346. The van der Waals surface area contributed by atoms with E-state index in [1.807, 2.05) is 47.8 Å². The molecule has 1 aliphatic rings. The third kappa shape index (κ3) is 5.46. The van der Waals surface area contributed by atoms with Crippen LogP contribution in [0.1, 0.15) is 31.3 Å². The normalized spacial score (nSPS) is 13.4. The molecule has 1 aliphatic heterocycles. The van der Waals surface area contributed by atoms with Crippen molar-refractivity contribution in [2.24, 2.45) is 0 Å². The smallest absolute Gasteiger partial charge is 0.265 e. The molecular formula is C26H29N3O4S. The summed E-state index contributed by atoms with van der Waals surface area (Å²) in [5.74, 6) is 0.0353. The Morgan fingerprint density at radius 2 is 1.97 bits per heavy atom. The molecule has 2 heterocycles. The lowest BCUT2D eigenvalue weighted by molar-refractivity contribution is -0.123. The summed E-state index contributed by atoms with van der Waals surface area (Å²) in [6, 6.07) is 13.4. The second-order valence-corrected chi connectivity index (χ2v) is 10.1. The van der Waals surface area contributed by atoms with Gasteiger partial charge in [0.25, 0.3) is 5.91 Å². The van der Waals surface area contributed by atoms with Crippen molar-refractivity contribution in [3.8, 4) is 17.0 Å². The van der Waals surface area contributed by atoms with Gasteiger partial charge in [-0.3, -0.25) is 14.5 Å². The Balaban J connectivity index is 1.51. The molecule has 7 nitrogen and oxygen atoms in total. The number of carbonyl (C=O) groups excluding carboxylic acids is 2. The highest BCUT2D eigenvalue weighted by Crippen LogP contribution is 2.36. The summed E-state index contributed by atoms with van der Waals surface area (Å²) in [6.07, 6.45) is 0.747. The number of thiazole rings is 1. The summed E-state index contributed by atoms with van der Waals surface area (Å²) in [6.45, 7) is 6.84. The van der Waals surface area contributed by atoms with Crippen LogP contribution in [-0.2, 0) is 26.2 Å². The van der Waals surface area contributed by atoms with Gasteiger partial charge in [0, 0.05) is 30.2 Å². The van der Waals surface area contributed by atoms with Crippen molar-refractivity contribution in [1.82, 2.24) is 4.98 Å². The third-order valence-electron chi connectivity index (χ3n) is 5.61. The van der Waals surface area contributed by atoms with E-state index < -0.39 is 0 Å². The third-order valence-corrected chi connectivity index (χ3v) is 6.51. The largest absolute Gasteiger partial charge is 0.482 e. The molecule has 1 N–H and O–H groups in total. The molecule has 0 saturated heterocycles. The molecule has 0 bridgehead atoms. The molecule has 3 aromatic rings. The lowest BCUT2D eigenvalue weighted by Gasteiger charge is -2.29. The van der Waals surface area contributed by atoms with Crippen LogP contribution in [0.15, 0.2) is 47.8 Å². The zero-order valence-electron chi connectivity index (χ0n) is 19.9. The average molecular weight is 480 g/mol. The topological polar surface area (TPSA) is 80.8 Å². The number of nitrogens with one attached hydrogen (secondary N) is 1. The van der Waals surface area contributed by atoms with Crippen LogP contribution in [0.3, 0.4) is 0 Å². The fourth-order valence-corrected chi connectivity index (χ4v) is 4.47. The highest BCUT2D eigenvalue weighted by Gasteiger charge is 2.28. The maximum absolute atomic E-state index is 12.8. The van der Waals surface area contributed by atoms with Crippen molar-refractivity contribution >= 4 is 34.5 Å². The number of anilines is 2. The van der Waals surface area contributed by atoms with Gasteiger partial charge in [-0.15, -0.1) is 11.3 Å². The number of fused-ring (bicyclic) bond motifs is 1. The number of carbonyl (C=O) groups is 2. The van der Waals surface area contributed by atoms with Crippen molar-refractivity contribution in [2.75, 3.05) is 37.1 Å². The summed E-state index contributed by atoms with van der Waals surface area (Å²) in [4.78, 5) is 31.6. The molecule has 34 heavy (non-hydrogen) atoms. The minimum absolute atomic E-state index is 0.0338. The van der Waals surface area contributed by atoms with Crippen LogP contribution < -0.4 is 15.0 Å². The first-order valence-electron chi connectivity index (χ1n) is 11.2. The second kappa shape index (κ2) is 9.95. The number of amides is 2. The standard InChI is InChI=1S/C26H29N3O4S/c1-26(2,3)18-6-8-19(9-7-18)27-23(30)14-29-21-13-17(5-10-22(21)33-15-25(29)31)20-16-34-24(28-20)11-12-32-4/h5-10,13,16H,11-12,14-15H2,1-4H3,(H,27,30). The van der Waals surface area contributed by atoms with E-state index in [-0.39, 0.29) is 30.4 Å². The summed E-state index contributed by atoms with van der Waals surface area (Å²) >= 11 is 1.57. The van der Waals surface area contributed by atoms with Gasteiger partial charge in [0.05, 0.1) is 23.0 Å². The van der Waals surface area contributed by atoms with Gasteiger partial charge < -0.3 is 14.8 Å². The van der Waals surface area contributed by atoms with Crippen LogP contribution in [0.25, 0.3) is 11.3 Å². The Hall–Kier alpha value is -3.23. The molecule has 2 aromatic carbocycles. The number of hydrogen-bond donors (Lipinski definition) is 1. The van der Waals surface area contributed by atoms with Crippen molar-refractivity contribution in [3.05, 3.63) is 58.4 Å². The molecule has 1 aromatic heterocycles. The van der Waals surface area contributed by atoms with Crippen molar-refractivity contribution in [1.29, 1.82) is 0 Å². The van der Waals surface area contributed by atoms with E-state index in [2.05, 4.69) is 31.1 Å². The molecule has 0 spiro atoms. The fourth-order valence-electron chi connectivity index (χ4n) is 3.68.